The van der Waals surface area contributed by atoms with Crippen LogP contribution in [-0.2, 0) is 51.0 Å². The summed E-state index contributed by atoms with van der Waals surface area (Å²) < 4.78 is 20.4. The first-order valence-corrected chi connectivity index (χ1v) is 14.1. The van der Waals surface area contributed by atoms with E-state index in [1.54, 1.807) is 0 Å². The van der Waals surface area contributed by atoms with Crippen LogP contribution >= 0.6 is 0 Å². The van der Waals surface area contributed by atoms with Gasteiger partial charge in [0.2, 0.25) is 11.8 Å². The van der Waals surface area contributed by atoms with Crippen molar-refractivity contribution in [2.24, 2.45) is 0 Å². The molecular weight excluding hydrogens is 576 g/mol. The molecule has 232 valence electrons. The van der Waals surface area contributed by atoms with Gasteiger partial charge in [-0.1, -0.05) is 60.7 Å². The monoisotopic (exact) mass is 608 g/mol. The van der Waals surface area contributed by atoms with Crippen molar-refractivity contribution in [1.29, 1.82) is 0 Å². The standard InChI is InChI=1S/2C15H16N2O5/c2*18-13-9-21-12(7-16-13)14(19)17-11(8-22-15(17)20)6-10-4-2-1-3-5-10/h2*1-5,11-12H,6-9H2,(H,16,18)/t2*11?,12-/m10/s1. The molecule has 44 heavy (non-hydrogen) atoms. The highest BCUT2D eigenvalue weighted by Gasteiger charge is 2.43. The number of morpholine rings is 2. The minimum atomic E-state index is -0.846. The fourth-order valence-electron chi connectivity index (χ4n) is 5.15. The third-order valence-corrected chi connectivity index (χ3v) is 7.38. The van der Waals surface area contributed by atoms with Crippen LogP contribution in [0.4, 0.5) is 9.59 Å². The molecule has 0 radical (unpaired) electrons. The van der Waals surface area contributed by atoms with E-state index in [1.165, 1.54) is 0 Å². The number of benzene rings is 2. The van der Waals surface area contributed by atoms with Gasteiger partial charge in [0.25, 0.3) is 11.8 Å². The minimum Gasteiger partial charge on any atom is -0.447 e. The molecule has 6 amide bonds. The van der Waals surface area contributed by atoms with Gasteiger partial charge in [0, 0.05) is 0 Å². The van der Waals surface area contributed by atoms with Gasteiger partial charge in [-0.15, -0.1) is 0 Å². The van der Waals surface area contributed by atoms with Gasteiger partial charge in [0.1, 0.15) is 26.4 Å². The first-order valence-electron chi connectivity index (χ1n) is 14.1. The van der Waals surface area contributed by atoms with E-state index in [2.05, 4.69) is 10.6 Å². The number of carbonyl (C=O) groups excluding carboxylic acids is 6. The van der Waals surface area contributed by atoms with Crippen LogP contribution in [0.25, 0.3) is 0 Å². The maximum atomic E-state index is 12.5. The molecule has 4 saturated heterocycles. The van der Waals surface area contributed by atoms with Crippen LogP contribution in [-0.4, -0.2) is 109 Å². The van der Waals surface area contributed by atoms with Crippen LogP contribution in [0, 0.1) is 0 Å². The normalized spacial score (nSPS) is 24.8. The van der Waals surface area contributed by atoms with Gasteiger partial charge in [-0.2, -0.15) is 0 Å². The summed E-state index contributed by atoms with van der Waals surface area (Å²) in [5, 5.41) is 5.10. The topological polar surface area (TPSA) is 170 Å². The molecule has 4 atom stereocenters. The zero-order valence-electron chi connectivity index (χ0n) is 23.7. The molecule has 2 aromatic rings. The Balaban J connectivity index is 0.000000175. The first kappa shape index (κ1) is 30.6. The molecule has 2 unspecified atom stereocenters. The third kappa shape index (κ3) is 7.38. The summed E-state index contributed by atoms with van der Waals surface area (Å²) in [6.45, 7) is 0.112. The molecule has 0 aliphatic carbocycles. The zero-order chi connectivity index (χ0) is 31.1. The van der Waals surface area contributed by atoms with E-state index >= 15 is 0 Å². The molecule has 14 heteroatoms. The van der Waals surface area contributed by atoms with E-state index in [4.69, 9.17) is 18.9 Å². The van der Waals surface area contributed by atoms with E-state index in [-0.39, 0.29) is 63.4 Å². The third-order valence-electron chi connectivity index (χ3n) is 7.38. The molecular formula is C30H32N4O10. The predicted molar refractivity (Wildman–Crippen MR) is 150 cm³/mol. The van der Waals surface area contributed by atoms with Crippen molar-refractivity contribution in [1.82, 2.24) is 20.4 Å². The number of amides is 6. The lowest BCUT2D eigenvalue weighted by molar-refractivity contribution is -0.150. The minimum absolute atomic E-state index is 0.0690. The van der Waals surface area contributed by atoms with Crippen LogP contribution in [0.3, 0.4) is 0 Å². The Hall–Kier alpha value is -4.82. The van der Waals surface area contributed by atoms with Crippen molar-refractivity contribution in [3.63, 3.8) is 0 Å². The van der Waals surface area contributed by atoms with E-state index in [0.717, 1.165) is 20.9 Å². The molecule has 6 rings (SSSR count). The van der Waals surface area contributed by atoms with Gasteiger partial charge >= 0.3 is 12.2 Å². The molecule has 0 aromatic heterocycles. The second kappa shape index (κ2) is 14.1. The summed E-state index contributed by atoms with van der Waals surface area (Å²) >= 11 is 0. The molecule has 4 aliphatic rings. The molecule has 0 bridgehead atoms. The predicted octanol–water partition coefficient (Wildman–Crippen LogP) is 0.183. The lowest BCUT2D eigenvalue weighted by Crippen LogP contribution is -2.53. The number of hydrogen-bond donors (Lipinski definition) is 2. The molecule has 4 fully saturated rings. The number of imide groups is 2. The lowest BCUT2D eigenvalue weighted by Gasteiger charge is -2.27. The Bertz CT molecular complexity index is 1260. The van der Waals surface area contributed by atoms with Crippen molar-refractivity contribution >= 4 is 35.8 Å². The molecule has 4 aliphatic heterocycles. The Kier molecular flexibility index (Phi) is 9.82. The Morgan fingerprint density at radius 3 is 1.36 bits per heavy atom. The van der Waals surface area contributed by atoms with E-state index in [1.807, 2.05) is 60.7 Å². The quantitative estimate of drug-likeness (QED) is 0.461. The van der Waals surface area contributed by atoms with Crippen molar-refractivity contribution in [2.75, 3.05) is 39.5 Å². The average molecular weight is 609 g/mol. The van der Waals surface area contributed by atoms with Crippen LogP contribution in [0.2, 0.25) is 0 Å². The smallest absolute Gasteiger partial charge is 0.417 e. The number of ether oxygens (including phenoxy) is 4. The fourth-order valence-corrected chi connectivity index (χ4v) is 5.15. The summed E-state index contributed by atoms with van der Waals surface area (Å²) in [6.07, 6.45) is -1.96. The molecule has 14 nitrogen and oxygen atoms in total. The largest absolute Gasteiger partial charge is 0.447 e. The second-order valence-corrected chi connectivity index (χ2v) is 10.5. The molecule has 0 spiro atoms. The fraction of sp³-hybridized carbons (Fsp3) is 0.400. The van der Waals surface area contributed by atoms with Crippen molar-refractivity contribution < 1.29 is 47.7 Å². The van der Waals surface area contributed by atoms with Gasteiger partial charge < -0.3 is 29.6 Å². The Morgan fingerprint density at radius 1 is 0.636 bits per heavy atom. The number of rotatable bonds is 6. The van der Waals surface area contributed by atoms with Crippen molar-refractivity contribution in [3.8, 4) is 0 Å². The van der Waals surface area contributed by atoms with Crippen molar-refractivity contribution in [2.45, 2.75) is 37.1 Å². The molecule has 0 saturated carbocycles. The second-order valence-electron chi connectivity index (χ2n) is 10.5. The average Bonchev–Trinajstić information content (AvgIpc) is 3.59. The van der Waals surface area contributed by atoms with Crippen LogP contribution in [0.15, 0.2) is 60.7 Å². The maximum absolute atomic E-state index is 12.5. The lowest BCUT2D eigenvalue weighted by atomic mass is 10.1. The van der Waals surface area contributed by atoms with Crippen LogP contribution in [0.5, 0.6) is 0 Å². The number of carbonyl (C=O) groups is 6. The molecule has 2 aromatic carbocycles. The molecule has 2 N–H and O–H groups in total. The Labute approximate surface area is 252 Å². The Morgan fingerprint density at radius 2 is 1.02 bits per heavy atom. The van der Waals surface area contributed by atoms with Gasteiger partial charge in [-0.25, -0.2) is 19.4 Å². The van der Waals surface area contributed by atoms with Gasteiger partial charge in [-0.3, -0.25) is 19.2 Å². The highest BCUT2D eigenvalue weighted by atomic mass is 16.6. The number of nitrogens with one attached hydrogen (secondary N) is 2. The van der Waals surface area contributed by atoms with E-state index < -0.39 is 36.2 Å². The van der Waals surface area contributed by atoms with Crippen molar-refractivity contribution in [3.05, 3.63) is 71.8 Å². The number of hydrogen-bond acceptors (Lipinski definition) is 10. The van der Waals surface area contributed by atoms with E-state index in [9.17, 15) is 28.8 Å². The summed E-state index contributed by atoms with van der Waals surface area (Å²) in [4.78, 5) is 73.0. The first-order chi connectivity index (χ1) is 21.3. The zero-order valence-corrected chi connectivity index (χ0v) is 23.7. The van der Waals surface area contributed by atoms with Crippen LogP contribution < -0.4 is 10.6 Å². The van der Waals surface area contributed by atoms with Gasteiger partial charge in [0.05, 0.1) is 25.2 Å². The summed E-state index contributed by atoms with van der Waals surface area (Å²) in [7, 11) is 0. The van der Waals surface area contributed by atoms with Gasteiger partial charge in [0.15, 0.2) is 12.2 Å². The maximum Gasteiger partial charge on any atom is 0.417 e. The summed E-state index contributed by atoms with van der Waals surface area (Å²) in [5.74, 6) is -1.48. The van der Waals surface area contributed by atoms with E-state index in [0.29, 0.717) is 12.8 Å². The SMILES string of the molecule is O=C1CO[C@@H](C(=O)N2C(=O)OCC2Cc2ccccc2)CN1.O=C1CO[C@H](C(=O)N2C(=O)OCC2Cc2ccccc2)CN1. The van der Waals surface area contributed by atoms with Crippen LogP contribution in [0.1, 0.15) is 11.1 Å². The highest BCUT2D eigenvalue weighted by molar-refractivity contribution is 5.97. The molecule has 4 heterocycles. The number of cyclic esters (lactones) is 2. The highest BCUT2D eigenvalue weighted by Crippen LogP contribution is 2.21. The van der Waals surface area contributed by atoms with Gasteiger partial charge in [-0.05, 0) is 24.0 Å². The number of nitrogens with zero attached hydrogens (tertiary/aromatic N) is 2. The summed E-state index contributed by atoms with van der Waals surface area (Å²) in [6, 6.07) is 18.4. The summed E-state index contributed by atoms with van der Waals surface area (Å²) in [5.41, 5.74) is 2.03.